The van der Waals surface area contributed by atoms with Crippen molar-refractivity contribution in [3.63, 3.8) is 0 Å². The summed E-state index contributed by atoms with van der Waals surface area (Å²) in [6.45, 7) is 5.52. The van der Waals surface area contributed by atoms with Crippen molar-refractivity contribution in [3.05, 3.63) is 35.4 Å². The number of rotatable bonds is 6. The molecule has 2 heterocycles. The third-order valence-corrected chi connectivity index (χ3v) is 9.14. The van der Waals surface area contributed by atoms with Crippen LogP contribution >= 0.6 is 0 Å². The van der Waals surface area contributed by atoms with Crippen LogP contribution in [0.2, 0.25) is 0 Å². The number of hydrogen-bond acceptors (Lipinski definition) is 5. The lowest BCUT2D eigenvalue weighted by molar-refractivity contribution is -0.127. The molecule has 2 aliphatic heterocycles. The Morgan fingerprint density at radius 3 is 2.19 bits per heavy atom. The SMILES string of the molecule is Cc1ccc2c(c1)C(NC1CCC(C(=O)NC3CCC(NC4CCN(C)CC4)CC3)CC1)=CCN2C. The maximum atomic E-state index is 13.1. The van der Waals surface area contributed by atoms with E-state index in [0.29, 0.717) is 30.1 Å². The third-order valence-electron chi connectivity index (χ3n) is 9.14. The molecule has 3 N–H and O–H groups in total. The summed E-state index contributed by atoms with van der Waals surface area (Å²) >= 11 is 0. The van der Waals surface area contributed by atoms with Crippen molar-refractivity contribution in [2.24, 2.45) is 5.92 Å². The molecule has 5 rings (SSSR count). The first kappa shape index (κ1) is 25.6. The zero-order chi connectivity index (χ0) is 25.1. The van der Waals surface area contributed by atoms with Gasteiger partial charge in [-0.1, -0.05) is 11.6 Å². The van der Waals surface area contributed by atoms with Crippen LogP contribution in [0.25, 0.3) is 5.70 Å². The molecule has 2 aliphatic carbocycles. The largest absolute Gasteiger partial charge is 0.382 e. The van der Waals surface area contributed by atoms with E-state index in [1.54, 1.807) is 0 Å². The molecule has 3 fully saturated rings. The summed E-state index contributed by atoms with van der Waals surface area (Å²) in [5, 5.41) is 11.2. The average molecular weight is 494 g/mol. The molecule has 1 aromatic carbocycles. The Balaban J connectivity index is 1.03. The number of hydrogen-bond donors (Lipinski definition) is 3. The highest BCUT2D eigenvalue weighted by atomic mass is 16.1. The smallest absolute Gasteiger partial charge is 0.223 e. The predicted octanol–water partition coefficient (Wildman–Crippen LogP) is 4.05. The molecule has 36 heavy (non-hydrogen) atoms. The van der Waals surface area contributed by atoms with E-state index in [9.17, 15) is 4.79 Å². The van der Waals surface area contributed by atoms with Gasteiger partial charge in [-0.2, -0.15) is 0 Å². The molecule has 1 amide bonds. The molecule has 0 spiro atoms. The highest BCUT2D eigenvalue weighted by Gasteiger charge is 2.31. The monoisotopic (exact) mass is 493 g/mol. The van der Waals surface area contributed by atoms with E-state index >= 15 is 0 Å². The van der Waals surface area contributed by atoms with Crippen LogP contribution in [0.4, 0.5) is 5.69 Å². The van der Waals surface area contributed by atoms with E-state index in [0.717, 1.165) is 45.1 Å². The molecule has 4 aliphatic rings. The number of nitrogens with zero attached hydrogens (tertiary/aromatic N) is 2. The van der Waals surface area contributed by atoms with Crippen molar-refractivity contribution >= 4 is 17.3 Å². The van der Waals surface area contributed by atoms with Gasteiger partial charge in [-0.25, -0.2) is 0 Å². The summed E-state index contributed by atoms with van der Waals surface area (Å²) in [7, 11) is 4.38. The molecule has 0 unspecified atom stereocenters. The van der Waals surface area contributed by atoms with Crippen molar-refractivity contribution in [3.8, 4) is 0 Å². The first-order chi connectivity index (χ1) is 17.4. The van der Waals surface area contributed by atoms with Gasteiger partial charge in [0.25, 0.3) is 0 Å². The molecule has 1 aromatic rings. The van der Waals surface area contributed by atoms with E-state index < -0.39 is 0 Å². The average Bonchev–Trinajstić information content (AvgIpc) is 2.88. The fourth-order valence-corrected chi connectivity index (χ4v) is 6.72. The Kier molecular flexibility index (Phi) is 8.22. The molecule has 198 valence electrons. The molecule has 6 nitrogen and oxygen atoms in total. The number of aryl methyl sites for hydroxylation is 1. The lowest BCUT2D eigenvalue weighted by Crippen LogP contribution is -2.49. The number of benzene rings is 1. The summed E-state index contributed by atoms with van der Waals surface area (Å²) < 4.78 is 0. The number of fused-ring (bicyclic) bond motifs is 1. The van der Waals surface area contributed by atoms with E-state index in [1.807, 2.05) is 0 Å². The Morgan fingerprint density at radius 1 is 0.833 bits per heavy atom. The van der Waals surface area contributed by atoms with Gasteiger partial charge in [-0.15, -0.1) is 0 Å². The quantitative estimate of drug-likeness (QED) is 0.558. The van der Waals surface area contributed by atoms with Crippen LogP contribution in [0.5, 0.6) is 0 Å². The van der Waals surface area contributed by atoms with E-state index in [1.165, 1.54) is 61.3 Å². The Morgan fingerprint density at radius 2 is 1.47 bits per heavy atom. The minimum Gasteiger partial charge on any atom is -0.382 e. The number of carbonyl (C=O) groups is 1. The fourth-order valence-electron chi connectivity index (χ4n) is 6.72. The molecule has 6 heteroatoms. The summed E-state index contributed by atoms with van der Waals surface area (Å²) in [6.07, 6.45) is 13.6. The Labute approximate surface area is 218 Å². The van der Waals surface area contributed by atoms with Crippen molar-refractivity contribution < 1.29 is 4.79 Å². The highest BCUT2D eigenvalue weighted by molar-refractivity contribution is 5.80. The predicted molar refractivity (Wildman–Crippen MR) is 149 cm³/mol. The molecular formula is C30H47N5O. The molecular weight excluding hydrogens is 446 g/mol. The number of likely N-dealkylation sites (N-methyl/N-ethyl adjacent to an activating group) is 1. The van der Waals surface area contributed by atoms with E-state index in [-0.39, 0.29) is 5.92 Å². The summed E-state index contributed by atoms with van der Waals surface area (Å²) in [6, 6.07) is 8.87. The van der Waals surface area contributed by atoms with E-state index in [4.69, 9.17) is 0 Å². The topological polar surface area (TPSA) is 59.6 Å². The molecule has 0 radical (unpaired) electrons. The zero-order valence-corrected chi connectivity index (χ0v) is 22.7. The standard InChI is InChI=1S/C30H47N5O/c1-21-4-13-29-27(20-21)28(16-19-35(29)3)32-24-7-5-22(6-8-24)30(36)33-25-11-9-23(10-12-25)31-26-14-17-34(2)18-15-26/h4,13,16,20,22-26,31-32H,5-12,14-15,17-19H2,1-3H3,(H,33,36). The van der Waals surface area contributed by atoms with Crippen molar-refractivity contribution in [1.29, 1.82) is 0 Å². The third kappa shape index (κ3) is 6.25. The molecule has 0 atom stereocenters. The number of nitrogens with one attached hydrogen (secondary N) is 3. The van der Waals surface area contributed by atoms with Gasteiger partial charge in [-0.3, -0.25) is 4.79 Å². The lowest BCUT2D eigenvalue weighted by Gasteiger charge is -2.36. The maximum Gasteiger partial charge on any atom is 0.223 e. The zero-order valence-electron chi connectivity index (χ0n) is 22.7. The summed E-state index contributed by atoms with van der Waals surface area (Å²) in [5.41, 5.74) is 5.17. The Bertz CT molecular complexity index is 921. The molecule has 0 bridgehead atoms. The molecule has 0 aromatic heterocycles. The summed E-state index contributed by atoms with van der Waals surface area (Å²) in [4.78, 5) is 17.8. The van der Waals surface area contributed by atoms with E-state index in [2.05, 4.69) is 71.0 Å². The van der Waals surface area contributed by atoms with Crippen LogP contribution in [0, 0.1) is 12.8 Å². The van der Waals surface area contributed by atoms with Gasteiger partial charge in [0.05, 0.1) is 0 Å². The minimum atomic E-state index is 0.180. The van der Waals surface area contributed by atoms with Gasteiger partial charge in [0.1, 0.15) is 0 Å². The second-order valence-electron chi connectivity index (χ2n) is 12.0. The van der Waals surface area contributed by atoms with Crippen LogP contribution < -0.4 is 20.9 Å². The second-order valence-corrected chi connectivity index (χ2v) is 12.0. The van der Waals surface area contributed by atoms with Gasteiger partial charge in [0.2, 0.25) is 5.91 Å². The first-order valence-electron chi connectivity index (χ1n) is 14.5. The number of piperidine rings is 1. The van der Waals surface area contributed by atoms with Crippen LogP contribution in [0.15, 0.2) is 24.3 Å². The normalized spacial score (nSPS) is 29.9. The fraction of sp³-hybridized carbons (Fsp3) is 0.700. The molecule has 2 saturated carbocycles. The number of anilines is 1. The van der Waals surface area contributed by atoms with Gasteiger partial charge < -0.3 is 25.8 Å². The van der Waals surface area contributed by atoms with Gasteiger partial charge in [0.15, 0.2) is 0 Å². The number of amides is 1. The maximum absolute atomic E-state index is 13.1. The van der Waals surface area contributed by atoms with Crippen LogP contribution in [0.1, 0.15) is 75.3 Å². The minimum absolute atomic E-state index is 0.180. The summed E-state index contributed by atoms with van der Waals surface area (Å²) in [5.74, 6) is 0.485. The van der Waals surface area contributed by atoms with Crippen molar-refractivity contribution in [1.82, 2.24) is 20.9 Å². The second kappa shape index (κ2) is 11.6. The van der Waals surface area contributed by atoms with Crippen molar-refractivity contribution in [2.45, 2.75) is 95.3 Å². The highest BCUT2D eigenvalue weighted by Crippen LogP contribution is 2.33. The van der Waals surface area contributed by atoms with Crippen LogP contribution in [-0.2, 0) is 4.79 Å². The molecule has 1 saturated heterocycles. The number of carbonyl (C=O) groups excluding carboxylic acids is 1. The van der Waals surface area contributed by atoms with Crippen molar-refractivity contribution in [2.75, 3.05) is 38.6 Å². The van der Waals surface area contributed by atoms with Crippen LogP contribution in [-0.4, -0.2) is 68.7 Å². The van der Waals surface area contributed by atoms with Gasteiger partial charge in [-0.05, 0) is 109 Å². The lowest BCUT2D eigenvalue weighted by atomic mass is 9.84. The Hall–Kier alpha value is -2.05. The van der Waals surface area contributed by atoms with Crippen LogP contribution in [0.3, 0.4) is 0 Å². The van der Waals surface area contributed by atoms with Gasteiger partial charge >= 0.3 is 0 Å². The first-order valence-corrected chi connectivity index (χ1v) is 14.5. The van der Waals surface area contributed by atoms with Gasteiger partial charge in [0, 0.05) is 60.6 Å². The number of likely N-dealkylation sites (tertiary alicyclic amines) is 1.